The number of aliphatic carboxylic acids is 1. The van der Waals surface area contributed by atoms with Gasteiger partial charge >= 0.3 is 5.97 Å². The SMILES string of the molecule is CC(C)(CNC(=O)Cc1csc(-c2ccc3c(c2)OCO3)n1)C(=O)O. The van der Waals surface area contributed by atoms with Crippen LogP contribution in [-0.2, 0) is 16.0 Å². The number of carboxylic acids is 1. The topological polar surface area (TPSA) is 97.8 Å². The van der Waals surface area contributed by atoms with Gasteiger partial charge in [0.25, 0.3) is 0 Å². The van der Waals surface area contributed by atoms with Crippen molar-refractivity contribution in [3.05, 3.63) is 29.3 Å². The second-order valence-corrected chi connectivity index (χ2v) is 7.21. The second-order valence-electron chi connectivity index (χ2n) is 6.35. The Labute approximate surface area is 148 Å². The van der Waals surface area contributed by atoms with Crippen LogP contribution in [0, 0.1) is 5.41 Å². The fourth-order valence-corrected chi connectivity index (χ4v) is 2.99. The molecule has 7 nitrogen and oxygen atoms in total. The number of nitrogens with zero attached hydrogens (tertiary/aromatic N) is 1. The Morgan fingerprint density at radius 2 is 2.08 bits per heavy atom. The highest BCUT2D eigenvalue weighted by molar-refractivity contribution is 7.13. The van der Waals surface area contributed by atoms with Gasteiger partial charge in [0.15, 0.2) is 11.5 Å². The first-order chi connectivity index (χ1) is 11.8. The number of hydrogen-bond acceptors (Lipinski definition) is 6. The summed E-state index contributed by atoms with van der Waals surface area (Å²) >= 11 is 1.44. The molecule has 25 heavy (non-hydrogen) atoms. The second kappa shape index (κ2) is 6.72. The van der Waals surface area contributed by atoms with Crippen LogP contribution in [0.1, 0.15) is 19.5 Å². The Hall–Kier alpha value is -2.61. The number of benzene rings is 1. The highest BCUT2D eigenvalue weighted by Crippen LogP contribution is 2.36. The molecule has 0 saturated carbocycles. The minimum absolute atomic E-state index is 0.0698. The van der Waals surface area contributed by atoms with E-state index in [9.17, 15) is 9.59 Å². The summed E-state index contributed by atoms with van der Waals surface area (Å²) in [4.78, 5) is 27.5. The molecular weight excluding hydrogens is 344 g/mol. The molecule has 1 aromatic carbocycles. The van der Waals surface area contributed by atoms with E-state index in [1.807, 2.05) is 23.6 Å². The van der Waals surface area contributed by atoms with E-state index in [1.54, 1.807) is 13.8 Å². The minimum atomic E-state index is -1.00. The van der Waals surface area contributed by atoms with Crippen molar-refractivity contribution >= 4 is 23.2 Å². The molecule has 8 heteroatoms. The summed E-state index contributed by atoms with van der Waals surface area (Å²) in [6.07, 6.45) is 0.108. The normalized spacial score (nSPS) is 12.9. The first kappa shape index (κ1) is 17.2. The highest BCUT2D eigenvalue weighted by atomic mass is 32.1. The van der Waals surface area contributed by atoms with Gasteiger partial charge in [-0.15, -0.1) is 11.3 Å². The van der Waals surface area contributed by atoms with Crippen molar-refractivity contribution in [1.29, 1.82) is 0 Å². The van der Waals surface area contributed by atoms with Crippen LogP contribution in [0.3, 0.4) is 0 Å². The third kappa shape index (κ3) is 3.90. The van der Waals surface area contributed by atoms with Crippen LogP contribution in [0.25, 0.3) is 10.6 Å². The lowest BCUT2D eigenvalue weighted by Gasteiger charge is -2.19. The number of carboxylic acid groups (broad SMARTS) is 1. The van der Waals surface area contributed by atoms with Crippen LogP contribution in [0.5, 0.6) is 11.5 Å². The summed E-state index contributed by atoms with van der Waals surface area (Å²) in [7, 11) is 0. The van der Waals surface area contributed by atoms with Crippen molar-refractivity contribution in [1.82, 2.24) is 10.3 Å². The molecule has 1 aliphatic heterocycles. The van der Waals surface area contributed by atoms with E-state index in [1.165, 1.54) is 11.3 Å². The van der Waals surface area contributed by atoms with E-state index in [4.69, 9.17) is 14.6 Å². The molecule has 0 saturated heterocycles. The maximum atomic E-state index is 12.0. The lowest BCUT2D eigenvalue weighted by Crippen LogP contribution is -2.39. The van der Waals surface area contributed by atoms with Gasteiger partial charge in [-0.2, -0.15) is 0 Å². The predicted octanol–water partition coefficient (Wildman–Crippen LogP) is 2.31. The van der Waals surface area contributed by atoms with Crippen molar-refractivity contribution in [3.8, 4) is 22.1 Å². The summed E-state index contributed by atoms with van der Waals surface area (Å²) in [5.41, 5.74) is 0.534. The largest absolute Gasteiger partial charge is 0.481 e. The Kier molecular flexibility index (Phi) is 4.63. The molecule has 1 amide bonds. The van der Waals surface area contributed by atoms with Crippen LogP contribution in [0.2, 0.25) is 0 Å². The molecule has 0 fully saturated rings. The molecule has 1 aromatic heterocycles. The van der Waals surface area contributed by atoms with Crippen molar-refractivity contribution < 1.29 is 24.2 Å². The van der Waals surface area contributed by atoms with E-state index in [2.05, 4.69) is 10.3 Å². The van der Waals surface area contributed by atoms with Gasteiger partial charge in [-0.1, -0.05) is 0 Å². The van der Waals surface area contributed by atoms with Crippen LogP contribution >= 0.6 is 11.3 Å². The van der Waals surface area contributed by atoms with Gasteiger partial charge in [0.05, 0.1) is 17.5 Å². The molecule has 0 bridgehead atoms. The molecule has 2 heterocycles. The van der Waals surface area contributed by atoms with Gasteiger partial charge in [0.2, 0.25) is 12.7 Å². The predicted molar refractivity (Wildman–Crippen MR) is 91.8 cm³/mol. The molecule has 0 unspecified atom stereocenters. The van der Waals surface area contributed by atoms with E-state index in [0.717, 1.165) is 10.6 Å². The molecule has 0 spiro atoms. The van der Waals surface area contributed by atoms with Crippen molar-refractivity contribution in [2.45, 2.75) is 20.3 Å². The Morgan fingerprint density at radius 3 is 2.84 bits per heavy atom. The minimum Gasteiger partial charge on any atom is -0.481 e. The van der Waals surface area contributed by atoms with E-state index in [-0.39, 0.29) is 25.7 Å². The van der Waals surface area contributed by atoms with Gasteiger partial charge in [-0.25, -0.2) is 4.98 Å². The third-order valence-electron chi connectivity index (χ3n) is 3.82. The van der Waals surface area contributed by atoms with Gasteiger partial charge in [-0.05, 0) is 32.0 Å². The summed E-state index contributed by atoms with van der Waals surface area (Å²) in [5.74, 6) is 0.187. The standard InChI is InChI=1S/C17H18N2O5S/c1-17(2,16(21)22)8-18-14(20)6-11-7-25-15(19-11)10-3-4-12-13(5-10)24-9-23-12/h3-5,7H,6,8-9H2,1-2H3,(H,18,20)(H,21,22). The van der Waals surface area contributed by atoms with Gasteiger partial charge in [0, 0.05) is 17.5 Å². The van der Waals surface area contributed by atoms with E-state index >= 15 is 0 Å². The van der Waals surface area contributed by atoms with Crippen molar-refractivity contribution in [3.63, 3.8) is 0 Å². The Balaban J connectivity index is 1.62. The molecule has 2 N–H and O–H groups in total. The average Bonchev–Trinajstić information content (AvgIpc) is 3.21. The van der Waals surface area contributed by atoms with Crippen LogP contribution < -0.4 is 14.8 Å². The molecule has 132 valence electrons. The summed E-state index contributed by atoms with van der Waals surface area (Å²) in [6, 6.07) is 5.59. The number of rotatable bonds is 6. The molecule has 0 atom stereocenters. The first-order valence-corrected chi connectivity index (χ1v) is 8.58. The summed E-state index contributed by atoms with van der Waals surface area (Å²) in [5, 5.41) is 14.3. The number of hydrogen-bond donors (Lipinski definition) is 2. The van der Waals surface area contributed by atoms with Gasteiger partial charge < -0.3 is 19.9 Å². The highest BCUT2D eigenvalue weighted by Gasteiger charge is 2.27. The fourth-order valence-electron chi connectivity index (χ4n) is 2.17. The zero-order valence-electron chi connectivity index (χ0n) is 13.9. The number of aromatic nitrogens is 1. The quantitative estimate of drug-likeness (QED) is 0.818. The lowest BCUT2D eigenvalue weighted by atomic mass is 9.94. The number of thiazole rings is 1. The number of carbonyl (C=O) groups excluding carboxylic acids is 1. The smallest absolute Gasteiger partial charge is 0.310 e. The number of amides is 1. The average molecular weight is 362 g/mol. The molecule has 3 rings (SSSR count). The fraction of sp³-hybridized carbons (Fsp3) is 0.353. The van der Waals surface area contributed by atoms with Crippen LogP contribution in [0.15, 0.2) is 23.6 Å². The Bertz CT molecular complexity index is 815. The summed E-state index contributed by atoms with van der Waals surface area (Å²) in [6.45, 7) is 3.42. The number of ether oxygens (including phenoxy) is 2. The lowest BCUT2D eigenvalue weighted by molar-refractivity contribution is -0.146. The number of carbonyl (C=O) groups is 2. The van der Waals surface area contributed by atoms with E-state index < -0.39 is 11.4 Å². The van der Waals surface area contributed by atoms with Gasteiger partial charge in [0.1, 0.15) is 5.01 Å². The molecule has 0 aliphatic carbocycles. The van der Waals surface area contributed by atoms with E-state index in [0.29, 0.717) is 17.2 Å². The van der Waals surface area contributed by atoms with Crippen LogP contribution in [0.4, 0.5) is 0 Å². The number of fused-ring (bicyclic) bond motifs is 1. The zero-order valence-corrected chi connectivity index (χ0v) is 14.7. The van der Waals surface area contributed by atoms with Crippen molar-refractivity contribution in [2.75, 3.05) is 13.3 Å². The first-order valence-electron chi connectivity index (χ1n) is 7.70. The maximum absolute atomic E-state index is 12.0. The number of nitrogens with one attached hydrogen (secondary N) is 1. The molecule has 0 radical (unpaired) electrons. The van der Waals surface area contributed by atoms with Crippen molar-refractivity contribution in [2.24, 2.45) is 5.41 Å². The molecule has 1 aliphatic rings. The zero-order chi connectivity index (χ0) is 18.0. The summed E-state index contributed by atoms with van der Waals surface area (Å²) < 4.78 is 10.6. The molecule has 2 aromatic rings. The Morgan fingerprint density at radius 1 is 1.32 bits per heavy atom. The molecular formula is C17H18N2O5S. The maximum Gasteiger partial charge on any atom is 0.310 e. The third-order valence-corrected chi connectivity index (χ3v) is 4.76. The van der Waals surface area contributed by atoms with Crippen LogP contribution in [-0.4, -0.2) is 35.3 Å². The monoisotopic (exact) mass is 362 g/mol. The van der Waals surface area contributed by atoms with Gasteiger partial charge in [-0.3, -0.25) is 9.59 Å².